The lowest BCUT2D eigenvalue weighted by molar-refractivity contribution is 1.22. The van der Waals surface area contributed by atoms with E-state index >= 15 is 0 Å². The van der Waals surface area contributed by atoms with Gasteiger partial charge in [0.05, 0.1) is 0 Å². The first kappa shape index (κ1) is 6.32. The molecular formula is C3H3ClN2S2. The van der Waals surface area contributed by atoms with Gasteiger partial charge in [-0.15, -0.1) is 0 Å². The summed E-state index contributed by atoms with van der Waals surface area (Å²) in [5.74, 6) is 0. The van der Waals surface area contributed by atoms with Crippen LogP contribution in [-0.2, 0) is 0 Å². The highest BCUT2D eigenvalue weighted by molar-refractivity contribution is 8.00. The zero-order valence-electron chi connectivity index (χ0n) is 4.09. The van der Waals surface area contributed by atoms with Crippen molar-refractivity contribution >= 4 is 34.9 Å². The van der Waals surface area contributed by atoms with E-state index in [-0.39, 0.29) is 0 Å². The van der Waals surface area contributed by atoms with Gasteiger partial charge < -0.3 is 0 Å². The summed E-state index contributed by atoms with van der Waals surface area (Å²) in [5, 5.41) is 0.347. The van der Waals surface area contributed by atoms with E-state index in [1.54, 1.807) is 11.8 Å². The summed E-state index contributed by atoms with van der Waals surface area (Å²) in [4.78, 5) is 3.86. The molecule has 0 fully saturated rings. The average Bonchev–Trinajstić information content (AvgIpc) is 2.14. The lowest BCUT2D eigenvalue weighted by atomic mass is 11.3. The predicted molar refractivity (Wildman–Crippen MR) is 36.7 cm³/mol. The van der Waals surface area contributed by atoms with Gasteiger partial charge in [-0.3, -0.25) is 0 Å². The number of aromatic nitrogens is 2. The molecule has 0 saturated heterocycles. The van der Waals surface area contributed by atoms with E-state index in [0.717, 1.165) is 4.34 Å². The molecule has 0 N–H and O–H groups in total. The van der Waals surface area contributed by atoms with Crippen molar-refractivity contribution in [3.63, 3.8) is 0 Å². The van der Waals surface area contributed by atoms with E-state index in [1.165, 1.54) is 11.5 Å². The molecule has 0 amide bonds. The molecule has 0 bridgehead atoms. The highest BCUT2D eigenvalue weighted by Crippen LogP contribution is 2.18. The molecule has 0 atom stereocenters. The summed E-state index contributed by atoms with van der Waals surface area (Å²) < 4.78 is 4.67. The smallest absolute Gasteiger partial charge is 0.198 e. The van der Waals surface area contributed by atoms with Crippen LogP contribution in [0.25, 0.3) is 0 Å². The fraction of sp³-hybridized carbons (Fsp3) is 0.333. The Balaban J connectivity index is 2.84. The van der Waals surface area contributed by atoms with Crippen molar-refractivity contribution in [1.29, 1.82) is 0 Å². The molecule has 0 radical (unpaired) electrons. The minimum absolute atomic E-state index is 0.347. The second-order valence-corrected chi connectivity index (χ2v) is 3.18. The molecule has 1 aromatic heterocycles. The minimum Gasteiger partial charge on any atom is -0.198 e. The number of halogens is 1. The van der Waals surface area contributed by atoms with Gasteiger partial charge in [0.15, 0.2) is 4.34 Å². The van der Waals surface area contributed by atoms with E-state index in [1.807, 2.05) is 6.26 Å². The molecule has 0 aliphatic heterocycles. The SMILES string of the molecule is CSc1nc(Cl)ns1. The second-order valence-electron chi connectivity index (χ2n) is 1.03. The van der Waals surface area contributed by atoms with Gasteiger partial charge in [0.25, 0.3) is 0 Å². The van der Waals surface area contributed by atoms with Crippen molar-refractivity contribution < 1.29 is 0 Å². The van der Waals surface area contributed by atoms with Crippen LogP contribution in [0.1, 0.15) is 0 Å². The Bertz CT molecular complexity index is 176. The Kier molecular flexibility index (Phi) is 2.10. The maximum Gasteiger partial charge on any atom is 0.235 e. The monoisotopic (exact) mass is 166 g/mol. The molecule has 0 saturated carbocycles. The summed E-state index contributed by atoms with van der Waals surface area (Å²) in [6.45, 7) is 0. The van der Waals surface area contributed by atoms with Gasteiger partial charge in [-0.2, -0.15) is 9.36 Å². The zero-order valence-corrected chi connectivity index (χ0v) is 6.48. The third-order valence-electron chi connectivity index (χ3n) is 0.557. The van der Waals surface area contributed by atoms with Crippen molar-refractivity contribution in [2.75, 3.05) is 6.26 Å². The average molecular weight is 167 g/mol. The predicted octanol–water partition coefficient (Wildman–Crippen LogP) is 1.91. The number of nitrogens with zero attached hydrogens (tertiary/aromatic N) is 2. The molecule has 0 aromatic carbocycles. The van der Waals surface area contributed by atoms with E-state index in [0.29, 0.717) is 5.28 Å². The van der Waals surface area contributed by atoms with Crippen LogP contribution in [0, 0.1) is 0 Å². The van der Waals surface area contributed by atoms with E-state index in [9.17, 15) is 0 Å². The standard InChI is InChI=1S/C3H3ClN2S2/c1-7-3-5-2(4)6-8-3/h1H3. The van der Waals surface area contributed by atoms with Gasteiger partial charge in [-0.05, 0) is 29.4 Å². The molecule has 44 valence electrons. The first-order chi connectivity index (χ1) is 3.83. The van der Waals surface area contributed by atoms with E-state index in [2.05, 4.69) is 9.36 Å². The summed E-state index contributed by atoms with van der Waals surface area (Å²) in [6.07, 6.45) is 1.94. The van der Waals surface area contributed by atoms with Crippen molar-refractivity contribution in [3.05, 3.63) is 5.28 Å². The highest BCUT2D eigenvalue weighted by atomic mass is 35.5. The Labute approximate surface area is 60.4 Å². The van der Waals surface area contributed by atoms with Crippen LogP contribution in [0.15, 0.2) is 4.34 Å². The Hall–Kier alpha value is 0.200. The summed E-state index contributed by atoms with van der Waals surface area (Å²) in [7, 11) is 0. The molecular weight excluding hydrogens is 164 g/mol. The Morgan fingerprint density at radius 3 is 2.75 bits per heavy atom. The topological polar surface area (TPSA) is 25.8 Å². The van der Waals surface area contributed by atoms with Crippen molar-refractivity contribution in [2.24, 2.45) is 0 Å². The first-order valence-electron chi connectivity index (χ1n) is 1.86. The number of hydrogen-bond acceptors (Lipinski definition) is 4. The Morgan fingerprint density at radius 2 is 2.50 bits per heavy atom. The molecule has 1 aromatic rings. The lowest BCUT2D eigenvalue weighted by Crippen LogP contribution is -1.62. The quantitative estimate of drug-likeness (QED) is 0.597. The summed E-state index contributed by atoms with van der Waals surface area (Å²) >= 11 is 8.28. The fourth-order valence-electron chi connectivity index (χ4n) is 0.276. The first-order valence-corrected chi connectivity index (χ1v) is 4.23. The van der Waals surface area contributed by atoms with Crippen LogP contribution in [0.5, 0.6) is 0 Å². The third-order valence-corrected chi connectivity index (χ3v) is 2.50. The molecule has 0 aliphatic carbocycles. The van der Waals surface area contributed by atoms with Gasteiger partial charge in [-0.25, -0.2) is 0 Å². The van der Waals surface area contributed by atoms with Crippen LogP contribution < -0.4 is 0 Å². The van der Waals surface area contributed by atoms with Gasteiger partial charge >= 0.3 is 0 Å². The second kappa shape index (κ2) is 2.66. The van der Waals surface area contributed by atoms with Gasteiger partial charge in [0.1, 0.15) is 0 Å². The Morgan fingerprint density at radius 1 is 1.75 bits per heavy atom. The highest BCUT2D eigenvalue weighted by Gasteiger charge is 1.96. The molecule has 5 heteroatoms. The van der Waals surface area contributed by atoms with Gasteiger partial charge in [0, 0.05) is 0 Å². The molecule has 8 heavy (non-hydrogen) atoms. The van der Waals surface area contributed by atoms with Crippen molar-refractivity contribution in [3.8, 4) is 0 Å². The van der Waals surface area contributed by atoms with Crippen LogP contribution in [0.2, 0.25) is 5.28 Å². The maximum absolute atomic E-state index is 5.41. The third kappa shape index (κ3) is 1.34. The number of thioether (sulfide) groups is 1. The van der Waals surface area contributed by atoms with E-state index < -0.39 is 0 Å². The van der Waals surface area contributed by atoms with Crippen LogP contribution in [0.4, 0.5) is 0 Å². The molecule has 0 spiro atoms. The normalized spacial score (nSPS) is 9.75. The van der Waals surface area contributed by atoms with Crippen molar-refractivity contribution in [1.82, 2.24) is 9.36 Å². The fourth-order valence-corrected chi connectivity index (χ4v) is 1.47. The maximum atomic E-state index is 5.41. The van der Waals surface area contributed by atoms with E-state index in [4.69, 9.17) is 11.6 Å². The molecule has 2 nitrogen and oxygen atoms in total. The van der Waals surface area contributed by atoms with Crippen LogP contribution in [-0.4, -0.2) is 15.6 Å². The number of rotatable bonds is 1. The van der Waals surface area contributed by atoms with Gasteiger partial charge in [-0.1, -0.05) is 11.8 Å². The van der Waals surface area contributed by atoms with Crippen LogP contribution in [0.3, 0.4) is 0 Å². The zero-order chi connectivity index (χ0) is 5.98. The molecule has 1 heterocycles. The minimum atomic E-state index is 0.347. The largest absolute Gasteiger partial charge is 0.235 e. The molecule has 0 aliphatic rings. The van der Waals surface area contributed by atoms with Crippen molar-refractivity contribution in [2.45, 2.75) is 4.34 Å². The summed E-state index contributed by atoms with van der Waals surface area (Å²) in [6, 6.07) is 0. The van der Waals surface area contributed by atoms with Gasteiger partial charge in [0.2, 0.25) is 5.28 Å². The molecule has 0 unspecified atom stereocenters. The van der Waals surface area contributed by atoms with Crippen LogP contribution >= 0.6 is 34.9 Å². The number of hydrogen-bond donors (Lipinski definition) is 0. The summed E-state index contributed by atoms with van der Waals surface area (Å²) in [5.41, 5.74) is 0. The molecule has 1 rings (SSSR count). The lowest BCUT2D eigenvalue weighted by Gasteiger charge is -1.75.